The van der Waals surface area contributed by atoms with Crippen LogP contribution >= 0.6 is 23.4 Å². The van der Waals surface area contributed by atoms with E-state index in [0.29, 0.717) is 16.6 Å². The molecule has 1 fully saturated rings. The molecule has 1 unspecified atom stereocenters. The molecule has 0 radical (unpaired) electrons. The largest absolute Gasteiger partial charge is 0.370 e. The summed E-state index contributed by atoms with van der Waals surface area (Å²) in [6, 6.07) is 8.17. The van der Waals surface area contributed by atoms with Crippen molar-refractivity contribution >= 4 is 29.1 Å². The highest BCUT2D eigenvalue weighted by atomic mass is 35.5. The molecule has 1 aromatic carbocycles. The summed E-state index contributed by atoms with van der Waals surface area (Å²) in [4.78, 5) is 2.18. The molecule has 0 spiro atoms. The summed E-state index contributed by atoms with van der Waals surface area (Å²) in [6.45, 7) is 0. The van der Waals surface area contributed by atoms with Crippen molar-refractivity contribution in [3.8, 4) is 6.07 Å². The Morgan fingerprint density at radius 1 is 1.56 bits per heavy atom. The lowest BCUT2D eigenvalue weighted by Gasteiger charge is -2.27. The van der Waals surface area contributed by atoms with Crippen LogP contribution in [0.25, 0.3) is 0 Å². The highest BCUT2D eigenvalue weighted by Crippen LogP contribution is 2.29. The van der Waals surface area contributed by atoms with E-state index in [1.807, 2.05) is 24.9 Å². The van der Waals surface area contributed by atoms with Gasteiger partial charge in [-0.15, -0.1) is 0 Å². The van der Waals surface area contributed by atoms with Gasteiger partial charge in [0.15, 0.2) is 0 Å². The van der Waals surface area contributed by atoms with E-state index in [4.69, 9.17) is 16.9 Å². The first-order valence-corrected chi connectivity index (χ1v) is 6.76. The molecule has 2 rings (SSSR count). The summed E-state index contributed by atoms with van der Waals surface area (Å²) in [5.74, 6) is 2.34. The number of anilines is 1. The first-order chi connectivity index (χ1) is 7.72. The number of halogens is 1. The van der Waals surface area contributed by atoms with Gasteiger partial charge in [0, 0.05) is 23.9 Å². The average molecular weight is 253 g/mol. The van der Waals surface area contributed by atoms with Crippen LogP contribution in [0.15, 0.2) is 18.2 Å². The minimum Gasteiger partial charge on any atom is -0.370 e. The summed E-state index contributed by atoms with van der Waals surface area (Å²) in [7, 11) is 2.04. The van der Waals surface area contributed by atoms with E-state index in [-0.39, 0.29) is 0 Å². The molecule has 84 valence electrons. The predicted octanol–water partition coefficient (Wildman–Crippen LogP) is 3.15. The second-order valence-corrected chi connectivity index (χ2v) is 5.49. The Bertz CT molecular complexity index is 422. The van der Waals surface area contributed by atoms with Crippen molar-refractivity contribution in [1.29, 1.82) is 5.26 Å². The summed E-state index contributed by atoms with van der Waals surface area (Å²) in [5, 5.41) is 9.76. The van der Waals surface area contributed by atoms with Crippen LogP contribution in [0.1, 0.15) is 12.0 Å². The standard InChI is InChI=1S/C12H13ClN2S/c1-15(11-4-5-16-8-11)12-6-10(13)3-2-9(12)7-14/h2-3,6,11H,4-5,8H2,1H3. The third-order valence-corrected chi connectivity index (χ3v) is 4.29. The van der Waals surface area contributed by atoms with Crippen molar-refractivity contribution < 1.29 is 0 Å². The molecule has 2 nitrogen and oxygen atoms in total. The van der Waals surface area contributed by atoms with Crippen molar-refractivity contribution in [3.63, 3.8) is 0 Å². The van der Waals surface area contributed by atoms with E-state index in [0.717, 1.165) is 11.4 Å². The number of nitrogens with zero attached hydrogens (tertiary/aromatic N) is 2. The van der Waals surface area contributed by atoms with E-state index in [2.05, 4.69) is 11.0 Å². The van der Waals surface area contributed by atoms with Gasteiger partial charge >= 0.3 is 0 Å². The highest BCUT2D eigenvalue weighted by molar-refractivity contribution is 7.99. The van der Waals surface area contributed by atoms with Gasteiger partial charge in [0.05, 0.1) is 11.3 Å². The SMILES string of the molecule is CN(c1cc(Cl)ccc1C#N)C1CCSC1. The van der Waals surface area contributed by atoms with Gasteiger partial charge in [-0.3, -0.25) is 0 Å². The Labute approximate surface area is 105 Å². The molecule has 1 aliphatic rings. The molecule has 1 aromatic rings. The Hall–Kier alpha value is -0.850. The van der Waals surface area contributed by atoms with Gasteiger partial charge in [-0.05, 0) is 30.4 Å². The van der Waals surface area contributed by atoms with Gasteiger partial charge < -0.3 is 4.90 Å². The zero-order chi connectivity index (χ0) is 11.5. The number of rotatable bonds is 2. The first-order valence-electron chi connectivity index (χ1n) is 5.22. The van der Waals surface area contributed by atoms with Crippen LogP contribution in [-0.4, -0.2) is 24.6 Å². The van der Waals surface area contributed by atoms with Gasteiger partial charge in [0.2, 0.25) is 0 Å². The lowest BCUT2D eigenvalue weighted by Crippen LogP contribution is -2.31. The smallest absolute Gasteiger partial charge is 0.101 e. The van der Waals surface area contributed by atoms with E-state index in [9.17, 15) is 0 Å². The summed E-state index contributed by atoms with van der Waals surface area (Å²) in [5.41, 5.74) is 1.64. The van der Waals surface area contributed by atoms with Crippen molar-refractivity contribution in [1.82, 2.24) is 0 Å². The van der Waals surface area contributed by atoms with E-state index < -0.39 is 0 Å². The van der Waals surface area contributed by atoms with Gasteiger partial charge in [0.1, 0.15) is 6.07 Å². The highest BCUT2D eigenvalue weighted by Gasteiger charge is 2.22. The fourth-order valence-corrected chi connectivity index (χ4v) is 3.35. The average Bonchev–Trinajstić information content (AvgIpc) is 2.81. The van der Waals surface area contributed by atoms with Crippen molar-refractivity contribution in [2.45, 2.75) is 12.5 Å². The van der Waals surface area contributed by atoms with Crippen LogP contribution in [-0.2, 0) is 0 Å². The Kier molecular flexibility index (Phi) is 3.63. The summed E-state index contributed by atoms with van der Waals surface area (Å²) in [6.07, 6.45) is 1.18. The molecule has 1 saturated heterocycles. The molecule has 1 atom stereocenters. The van der Waals surface area contributed by atoms with Crippen molar-refractivity contribution in [2.24, 2.45) is 0 Å². The van der Waals surface area contributed by atoms with Crippen LogP contribution in [0, 0.1) is 11.3 Å². The predicted molar refractivity (Wildman–Crippen MR) is 70.3 cm³/mol. The molecular weight excluding hydrogens is 240 g/mol. The third-order valence-electron chi connectivity index (χ3n) is 2.91. The molecule has 16 heavy (non-hydrogen) atoms. The number of hydrogen-bond donors (Lipinski definition) is 0. The molecule has 0 amide bonds. The van der Waals surface area contributed by atoms with Crippen molar-refractivity contribution in [3.05, 3.63) is 28.8 Å². The molecule has 0 aliphatic carbocycles. The number of thioether (sulfide) groups is 1. The second kappa shape index (κ2) is 4.99. The van der Waals surface area contributed by atoms with E-state index in [1.165, 1.54) is 12.2 Å². The van der Waals surface area contributed by atoms with E-state index in [1.54, 1.807) is 12.1 Å². The number of nitriles is 1. The maximum atomic E-state index is 9.08. The maximum absolute atomic E-state index is 9.08. The number of benzene rings is 1. The van der Waals surface area contributed by atoms with Gasteiger partial charge in [-0.1, -0.05) is 11.6 Å². The third kappa shape index (κ3) is 2.28. The molecule has 1 aliphatic heterocycles. The van der Waals surface area contributed by atoms with Crippen LogP contribution in [0.2, 0.25) is 5.02 Å². The van der Waals surface area contributed by atoms with Crippen LogP contribution in [0.3, 0.4) is 0 Å². The second-order valence-electron chi connectivity index (χ2n) is 3.90. The molecule has 0 N–H and O–H groups in total. The maximum Gasteiger partial charge on any atom is 0.101 e. The molecule has 1 heterocycles. The number of hydrogen-bond acceptors (Lipinski definition) is 3. The van der Waals surface area contributed by atoms with Crippen LogP contribution in [0.5, 0.6) is 0 Å². The van der Waals surface area contributed by atoms with Crippen LogP contribution < -0.4 is 4.90 Å². The van der Waals surface area contributed by atoms with Crippen LogP contribution in [0.4, 0.5) is 5.69 Å². The van der Waals surface area contributed by atoms with Crippen molar-refractivity contribution in [2.75, 3.05) is 23.5 Å². The minimum absolute atomic E-state index is 0.524. The Morgan fingerprint density at radius 3 is 3.00 bits per heavy atom. The topological polar surface area (TPSA) is 27.0 Å². The zero-order valence-corrected chi connectivity index (χ0v) is 10.7. The lowest BCUT2D eigenvalue weighted by molar-refractivity contribution is 0.699. The quantitative estimate of drug-likeness (QED) is 0.809. The van der Waals surface area contributed by atoms with Gasteiger partial charge in [0.25, 0.3) is 0 Å². The van der Waals surface area contributed by atoms with Gasteiger partial charge in [-0.2, -0.15) is 17.0 Å². The fourth-order valence-electron chi connectivity index (χ4n) is 1.92. The lowest BCUT2D eigenvalue weighted by atomic mass is 10.1. The zero-order valence-electron chi connectivity index (χ0n) is 9.11. The Balaban J connectivity index is 2.31. The monoisotopic (exact) mass is 252 g/mol. The summed E-state index contributed by atoms with van der Waals surface area (Å²) >= 11 is 7.95. The fraction of sp³-hybridized carbons (Fsp3) is 0.417. The first kappa shape index (κ1) is 11.6. The minimum atomic E-state index is 0.524. The summed E-state index contributed by atoms with van der Waals surface area (Å²) < 4.78 is 0. The molecule has 0 aromatic heterocycles. The molecule has 0 saturated carbocycles. The van der Waals surface area contributed by atoms with E-state index >= 15 is 0 Å². The molecule has 4 heteroatoms. The van der Waals surface area contributed by atoms with Gasteiger partial charge in [-0.25, -0.2) is 0 Å². The molecule has 0 bridgehead atoms. The normalized spacial score (nSPS) is 19.4. The molecular formula is C12H13ClN2S. The Morgan fingerprint density at radius 2 is 2.38 bits per heavy atom.